The van der Waals surface area contributed by atoms with E-state index in [9.17, 15) is 9.59 Å². The van der Waals surface area contributed by atoms with Gasteiger partial charge in [-0.2, -0.15) is 0 Å². The van der Waals surface area contributed by atoms with E-state index in [1.54, 1.807) is 7.11 Å². The maximum atomic E-state index is 13.3. The van der Waals surface area contributed by atoms with Gasteiger partial charge in [-0.25, -0.2) is 0 Å². The van der Waals surface area contributed by atoms with Crippen LogP contribution in [0.4, 0.5) is 5.69 Å². The molecule has 1 unspecified atom stereocenters. The Morgan fingerprint density at radius 2 is 1.96 bits per heavy atom. The van der Waals surface area contributed by atoms with Crippen LogP contribution in [-0.4, -0.2) is 42.4 Å². The molecule has 5 rings (SSSR count). The van der Waals surface area contributed by atoms with E-state index in [0.717, 1.165) is 39.7 Å². The average molecular weight is 375 g/mol. The predicted octanol–water partition coefficient (Wildman–Crippen LogP) is 3.38. The third kappa shape index (κ3) is 2.08. The number of hydrogen-bond acceptors (Lipinski definition) is 4. The van der Waals surface area contributed by atoms with Crippen molar-refractivity contribution in [2.24, 2.45) is 0 Å². The number of aryl methyl sites for hydroxylation is 1. The number of methoxy groups -OCH3 is 1. The number of amides is 1. The van der Waals surface area contributed by atoms with Gasteiger partial charge in [0.05, 0.1) is 24.1 Å². The van der Waals surface area contributed by atoms with E-state index in [1.165, 1.54) is 0 Å². The summed E-state index contributed by atoms with van der Waals surface area (Å²) in [6.45, 7) is 3.25. The van der Waals surface area contributed by atoms with Crippen LogP contribution in [0.5, 0.6) is 5.75 Å². The highest BCUT2D eigenvalue weighted by Gasteiger charge is 2.42. The van der Waals surface area contributed by atoms with E-state index in [4.69, 9.17) is 4.74 Å². The average Bonchev–Trinajstić information content (AvgIpc) is 3.04. The molecule has 0 saturated carbocycles. The highest BCUT2D eigenvalue weighted by Crippen LogP contribution is 2.43. The number of benzene rings is 2. The van der Waals surface area contributed by atoms with Crippen LogP contribution >= 0.6 is 0 Å². The Morgan fingerprint density at radius 3 is 2.71 bits per heavy atom. The second-order valence-electron chi connectivity index (χ2n) is 7.46. The minimum Gasteiger partial charge on any atom is -0.497 e. The molecule has 0 fully saturated rings. The molecule has 1 amide bonds. The van der Waals surface area contributed by atoms with Crippen LogP contribution in [0, 0.1) is 6.92 Å². The minimum absolute atomic E-state index is 0.0211. The van der Waals surface area contributed by atoms with Gasteiger partial charge >= 0.3 is 0 Å². The Kier molecular flexibility index (Phi) is 3.53. The molecule has 6 heteroatoms. The molecule has 1 atom stereocenters. The summed E-state index contributed by atoms with van der Waals surface area (Å²) in [4.78, 5) is 29.4. The normalized spacial score (nSPS) is 18.0. The van der Waals surface area contributed by atoms with Crippen LogP contribution in [0.3, 0.4) is 0 Å². The van der Waals surface area contributed by atoms with Crippen LogP contribution < -0.4 is 9.64 Å². The molecule has 0 N–H and O–H groups in total. The van der Waals surface area contributed by atoms with E-state index < -0.39 is 0 Å². The highest BCUT2D eigenvalue weighted by atomic mass is 16.5. The van der Waals surface area contributed by atoms with Gasteiger partial charge in [-0.1, -0.05) is 11.6 Å². The standard InChI is InChI=1S/C22H21N3O3/c1-13-4-6-18-16(10-13)22(27)25-9-8-24-19-7-5-14(28-3)11-15(19)17(12-26)20(24)21(25)23(18)2/h4-7,10-12,21H,8-9H2,1-3H3. The van der Waals surface area contributed by atoms with Crippen LogP contribution in [-0.2, 0) is 6.54 Å². The van der Waals surface area contributed by atoms with E-state index in [-0.39, 0.29) is 12.1 Å². The van der Waals surface area contributed by atoms with Crippen LogP contribution in [0.25, 0.3) is 10.9 Å². The number of carbonyl (C=O) groups is 2. The van der Waals surface area contributed by atoms with Gasteiger partial charge in [-0.05, 0) is 37.3 Å². The largest absolute Gasteiger partial charge is 0.497 e. The first-order valence-corrected chi connectivity index (χ1v) is 9.35. The van der Waals surface area contributed by atoms with Crippen molar-refractivity contribution in [1.82, 2.24) is 9.47 Å². The Labute approximate surface area is 162 Å². The maximum Gasteiger partial charge on any atom is 0.257 e. The van der Waals surface area contributed by atoms with Crippen LogP contribution in [0.1, 0.15) is 38.1 Å². The zero-order chi connectivity index (χ0) is 19.6. The molecule has 2 aromatic carbocycles. The summed E-state index contributed by atoms with van der Waals surface area (Å²) in [7, 11) is 3.60. The Bertz CT molecular complexity index is 1150. The van der Waals surface area contributed by atoms with E-state index in [2.05, 4.69) is 9.47 Å². The fourth-order valence-electron chi connectivity index (χ4n) is 4.65. The highest BCUT2D eigenvalue weighted by molar-refractivity contribution is 6.04. The monoisotopic (exact) mass is 375 g/mol. The van der Waals surface area contributed by atoms with E-state index >= 15 is 0 Å². The second kappa shape index (κ2) is 5.86. The Morgan fingerprint density at radius 1 is 1.14 bits per heavy atom. The quantitative estimate of drug-likeness (QED) is 0.645. The lowest BCUT2D eigenvalue weighted by Gasteiger charge is -2.47. The van der Waals surface area contributed by atoms with Crippen molar-refractivity contribution in [1.29, 1.82) is 0 Å². The lowest BCUT2D eigenvalue weighted by molar-refractivity contribution is 0.0599. The van der Waals surface area contributed by atoms with Gasteiger partial charge in [-0.15, -0.1) is 0 Å². The van der Waals surface area contributed by atoms with Gasteiger partial charge in [0, 0.05) is 36.6 Å². The SMILES string of the molecule is COc1ccc2c(c1)c(C=O)c1n2CCN2C(=O)c3cc(C)ccc3N(C)C12. The summed E-state index contributed by atoms with van der Waals surface area (Å²) in [5.74, 6) is 0.733. The van der Waals surface area contributed by atoms with Crippen molar-refractivity contribution in [2.45, 2.75) is 19.6 Å². The minimum atomic E-state index is -0.310. The first-order chi connectivity index (χ1) is 13.5. The van der Waals surface area contributed by atoms with Crippen molar-refractivity contribution < 1.29 is 14.3 Å². The van der Waals surface area contributed by atoms with Gasteiger partial charge in [-0.3, -0.25) is 9.59 Å². The zero-order valence-electron chi connectivity index (χ0n) is 16.1. The van der Waals surface area contributed by atoms with Gasteiger partial charge in [0.2, 0.25) is 0 Å². The Balaban J connectivity index is 1.77. The van der Waals surface area contributed by atoms with Crippen molar-refractivity contribution in [3.05, 3.63) is 58.8 Å². The van der Waals surface area contributed by atoms with Gasteiger partial charge < -0.3 is 19.1 Å². The van der Waals surface area contributed by atoms with Crippen molar-refractivity contribution in [2.75, 3.05) is 25.6 Å². The molecule has 2 aliphatic heterocycles. The van der Waals surface area contributed by atoms with Crippen LogP contribution in [0.15, 0.2) is 36.4 Å². The fraction of sp³-hybridized carbons (Fsp3) is 0.273. The number of aldehydes is 1. The van der Waals surface area contributed by atoms with E-state index in [1.807, 2.05) is 55.3 Å². The Hall–Kier alpha value is -3.28. The summed E-state index contributed by atoms with van der Waals surface area (Å²) < 4.78 is 7.53. The summed E-state index contributed by atoms with van der Waals surface area (Å²) in [5.41, 5.74) is 5.16. The lowest BCUT2D eigenvalue weighted by Crippen LogP contribution is -2.52. The second-order valence-corrected chi connectivity index (χ2v) is 7.46. The number of carbonyl (C=O) groups excluding carboxylic acids is 2. The summed E-state index contributed by atoms with van der Waals surface area (Å²) in [6.07, 6.45) is 0.593. The molecule has 0 saturated heterocycles. The first kappa shape index (κ1) is 16.9. The topological polar surface area (TPSA) is 54.8 Å². The molecule has 0 bridgehead atoms. The molecule has 28 heavy (non-hydrogen) atoms. The number of ether oxygens (including phenoxy) is 1. The number of nitrogens with zero attached hydrogens (tertiary/aromatic N) is 3. The third-order valence-electron chi connectivity index (χ3n) is 5.96. The number of anilines is 1. The molecule has 0 radical (unpaired) electrons. The third-order valence-corrected chi connectivity index (χ3v) is 5.96. The molecule has 3 aromatic rings. The molecule has 2 aliphatic rings. The molecule has 0 spiro atoms. The number of fused-ring (bicyclic) bond motifs is 6. The smallest absolute Gasteiger partial charge is 0.257 e. The maximum absolute atomic E-state index is 13.3. The summed E-state index contributed by atoms with van der Waals surface area (Å²) in [6, 6.07) is 11.7. The molecular formula is C22H21N3O3. The molecular weight excluding hydrogens is 354 g/mol. The van der Waals surface area contributed by atoms with Crippen molar-refractivity contribution in [3.8, 4) is 5.75 Å². The molecule has 6 nitrogen and oxygen atoms in total. The number of hydrogen-bond donors (Lipinski definition) is 0. The fourth-order valence-corrected chi connectivity index (χ4v) is 4.65. The van der Waals surface area contributed by atoms with Crippen molar-refractivity contribution in [3.63, 3.8) is 0 Å². The van der Waals surface area contributed by atoms with Gasteiger partial charge in [0.1, 0.15) is 11.9 Å². The molecule has 0 aliphatic carbocycles. The molecule has 142 valence electrons. The van der Waals surface area contributed by atoms with Gasteiger partial charge in [0.15, 0.2) is 6.29 Å². The number of rotatable bonds is 2. The number of aromatic nitrogens is 1. The first-order valence-electron chi connectivity index (χ1n) is 9.35. The van der Waals surface area contributed by atoms with Gasteiger partial charge in [0.25, 0.3) is 5.91 Å². The molecule has 3 heterocycles. The van der Waals surface area contributed by atoms with E-state index in [0.29, 0.717) is 24.4 Å². The van der Waals surface area contributed by atoms with Crippen LogP contribution in [0.2, 0.25) is 0 Å². The summed E-state index contributed by atoms with van der Waals surface area (Å²) in [5, 5.41) is 0.863. The summed E-state index contributed by atoms with van der Waals surface area (Å²) >= 11 is 0. The van der Waals surface area contributed by atoms with Crippen molar-refractivity contribution >= 4 is 28.8 Å². The zero-order valence-corrected chi connectivity index (χ0v) is 16.1. The predicted molar refractivity (Wildman–Crippen MR) is 107 cm³/mol. The molecule has 1 aromatic heterocycles. The lowest BCUT2D eigenvalue weighted by atomic mass is 9.99.